The molecule has 5 atom stereocenters. The van der Waals surface area contributed by atoms with E-state index in [4.69, 9.17) is 24.7 Å². The van der Waals surface area contributed by atoms with Gasteiger partial charge in [0.15, 0.2) is 6.61 Å². The number of likely N-dealkylation sites (tertiary alicyclic amines) is 1. The van der Waals surface area contributed by atoms with Gasteiger partial charge in [-0.15, -0.1) is 0 Å². The standard InChI is InChI=1S/C54H60N4O11/c1-35(2)30-44(56-48(59)33-66-47-23-15-14-16-36(47)3)51(62)57-45(31-38-24-26-39(27-25-38)46-32-40(50(55)61)28-29-58(46)53(64)65)52(63)69-37(4)68-49(60)34-67-54(41-17-8-5-9-18-41,42-19-10-6-11-20-42)43-21-12-7-13-22-43/h5-27,35,37,40,44-46H,28-34H2,1-4H3,(H2,55,61)(H,56,59)(H,57,62)(H,64,65). The zero-order valence-electron chi connectivity index (χ0n) is 39.2. The first-order valence-electron chi connectivity index (χ1n) is 23.0. The molecular formula is C54H60N4O11. The number of para-hydroxylation sites is 1. The quantitative estimate of drug-likeness (QED) is 0.0334. The van der Waals surface area contributed by atoms with Gasteiger partial charge in [0, 0.05) is 25.8 Å². The van der Waals surface area contributed by atoms with Crippen LogP contribution in [0, 0.1) is 18.8 Å². The van der Waals surface area contributed by atoms with Crippen LogP contribution in [-0.2, 0) is 50.2 Å². The Morgan fingerprint density at radius 3 is 1.83 bits per heavy atom. The Kier molecular flexibility index (Phi) is 17.7. The normalized spacial score (nSPS) is 16.0. The summed E-state index contributed by atoms with van der Waals surface area (Å²) in [4.78, 5) is 80.6. The van der Waals surface area contributed by atoms with E-state index in [1.807, 2.05) is 124 Å². The Morgan fingerprint density at radius 1 is 0.725 bits per heavy atom. The molecule has 1 aliphatic heterocycles. The van der Waals surface area contributed by atoms with Gasteiger partial charge >= 0.3 is 18.0 Å². The lowest BCUT2D eigenvalue weighted by Crippen LogP contribution is -2.54. The number of nitrogens with zero attached hydrogens (tertiary/aromatic N) is 1. The number of amides is 4. The van der Waals surface area contributed by atoms with E-state index in [9.17, 15) is 33.9 Å². The topological polar surface area (TPSA) is 213 Å². The highest BCUT2D eigenvalue weighted by Gasteiger charge is 2.39. The molecule has 5 N–H and O–H groups in total. The number of aryl methyl sites for hydroxylation is 1. The van der Waals surface area contributed by atoms with Crippen LogP contribution >= 0.6 is 0 Å². The summed E-state index contributed by atoms with van der Waals surface area (Å²) in [5, 5.41) is 15.5. The van der Waals surface area contributed by atoms with E-state index in [-0.39, 0.29) is 38.3 Å². The van der Waals surface area contributed by atoms with Gasteiger partial charge in [-0.3, -0.25) is 14.4 Å². The fraction of sp³-hybridized carbons (Fsp3) is 0.333. The second-order valence-electron chi connectivity index (χ2n) is 17.5. The molecule has 15 heteroatoms. The van der Waals surface area contributed by atoms with Gasteiger partial charge in [0.25, 0.3) is 5.91 Å². The summed E-state index contributed by atoms with van der Waals surface area (Å²) in [6.45, 7) is 6.21. The van der Waals surface area contributed by atoms with Crippen LogP contribution in [0.2, 0.25) is 0 Å². The maximum Gasteiger partial charge on any atom is 0.407 e. The van der Waals surface area contributed by atoms with Crippen LogP contribution in [0.3, 0.4) is 0 Å². The van der Waals surface area contributed by atoms with Crippen molar-refractivity contribution in [2.75, 3.05) is 19.8 Å². The number of hydrogen-bond donors (Lipinski definition) is 4. The zero-order valence-corrected chi connectivity index (χ0v) is 39.2. The number of ether oxygens (including phenoxy) is 4. The number of rotatable bonds is 21. The van der Waals surface area contributed by atoms with Crippen molar-refractivity contribution in [1.29, 1.82) is 0 Å². The highest BCUT2D eigenvalue weighted by atomic mass is 16.7. The highest BCUT2D eigenvalue weighted by Crippen LogP contribution is 2.40. The molecule has 5 aromatic rings. The lowest BCUT2D eigenvalue weighted by atomic mass is 9.80. The SMILES string of the molecule is Cc1ccccc1OCC(=O)NC(CC(C)C)C(=O)NC(Cc1ccc(C2CC(C(N)=O)CCN2C(=O)O)cc1)C(=O)OC(C)OC(=O)COC(c1ccccc1)(c1ccccc1)c1ccccc1. The molecule has 0 bridgehead atoms. The van der Waals surface area contributed by atoms with Gasteiger partial charge in [-0.05, 0) is 71.6 Å². The van der Waals surface area contributed by atoms with Crippen LogP contribution in [-0.4, -0.2) is 83.9 Å². The molecule has 0 aliphatic carbocycles. The van der Waals surface area contributed by atoms with E-state index < -0.39 is 78.3 Å². The van der Waals surface area contributed by atoms with E-state index in [0.29, 0.717) is 23.3 Å². The number of carboxylic acid groups (broad SMARTS) is 1. The average molecular weight is 941 g/mol. The van der Waals surface area contributed by atoms with Crippen molar-refractivity contribution < 1.29 is 52.8 Å². The van der Waals surface area contributed by atoms with Crippen molar-refractivity contribution in [2.24, 2.45) is 17.6 Å². The predicted molar refractivity (Wildman–Crippen MR) is 256 cm³/mol. The molecule has 69 heavy (non-hydrogen) atoms. The summed E-state index contributed by atoms with van der Waals surface area (Å²) in [6.07, 6.45) is -1.94. The Morgan fingerprint density at radius 2 is 1.29 bits per heavy atom. The molecule has 1 heterocycles. The fourth-order valence-corrected chi connectivity index (χ4v) is 8.57. The second-order valence-corrected chi connectivity index (χ2v) is 17.5. The first kappa shape index (κ1) is 50.9. The molecule has 1 aliphatic rings. The van der Waals surface area contributed by atoms with Crippen LogP contribution in [0.15, 0.2) is 140 Å². The zero-order chi connectivity index (χ0) is 49.5. The van der Waals surface area contributed by atoms with E-state index in [1.165, 1.54) is 11.8 Å². The minimum absolute atomic E-state index is 0.0540. The van der Waals surface area contributed by atoms with Crippen molar-refractivity contribution >= 4 is 35.8 Å². The summed E-state index contributed by atoms with van der Waals surface area (Å²) in [5.74, 6) is -3.53. The molecule has 0 spiro atoms. The molecule has 0 saturated carbocycles. The number of esters is 2. The number of nitrogens with one attached hydrogen (secondary N) is 2. The molecule has 1 saturated heterocycles. The average Bonchev–Trinajstić information content (AvgIpc) is 3.34. The predicted octanol–water partition coefficient (Wildman–Crippen LogP) is 6.99. The Balaban J connectivity index is 1.20. The van der Waals surface area contributed by atoms with Crippen LogP contribution in [0.4, 0.5) is 4.79 Å². The largest absolute Gasteiger partial charge is 0.484 e. The van der Waals surface area contributed by atoms with Crippen molar-refractivity contribution in [3.05, 3.63) is 173 Å². The van der Waals surface area contributed by atoms with Crippen molar-refractivity contribution in [3.63, 3.8) is 0 Å². The van der Waals surface area contributed by atoms with Crippen LogP contribution in [0.1, 0.15) is 79.5 Å². The van der Waals surface area contributed by atoms with Gasteiger partial charge in [0.05, 0.1) is 6.04 Å². The van der Waals surface area contributed by atoms with Gasteiger partial charge in [0.1, 0.15) is 30.0 Å². The number of piperidine rings is 1. The van der Waals surface area contributed by atoms with E-state index in [2.05, 4.69) is 10.6 Å². The molecule has 4 amide bonds. The number of hydrogen-bond acceptors (Lipinski definition) is 10. The second kappa shape index (κ2) is 24.0. The van der Waals surface area contributed by atoms with Gasteiger partial charge in [-0.1, -0.05) is 147 Å². The number of carbonyl (C=O) groups excluding carboxylic acids is 5. The van der Waals surface area contributed by atoms with Crippen molar-refractivity contribution in [2.45, 2.75) is 83.4 Å². The Hall–Kier alpha value is -7.52. The first-order chi connectivity index (χ1) is 33.1. The minimum atomic E-state index is -1.44. The summed E-state index contributed by atoms with van der Waals surface area (Å²) in [7, 11) is 0. The van der Waals surface area contributed by atoms with Gasteiger partial charge in [-0.2, -0.15) is 0 Å². The fourth-order valence-electron chi connectivity index (χ4n) is 8.57. The van der Waals surface area contributed by atoms with Crippen LogP contribution in [0.25, 0.3) is 0 Å². The summed E-state index contributed by atoms with van der Waals surface area (Å²) >= 11 is 0. The van der Waals surface area contributed by atoms with E-state index in [0.717, 1.165) is 22.3 Å². The third-order valence-electron chi connectivity index (χ3n) is 12.0. The molecule has 1 fully saturated rings. The van der Waals surface area contributed by atoms with E-state index in [1.54, 1.807) is 36.4 Å². The Labute approximate surface area is 402 Å². The van der Waals surface area contributed by atoms with Crippen molar-refractivity contribution in [1.82, 2.24) is 15.5 Å². The van der Waals surface area contributed by atoms with Gasteiger partial charge < -0.3 is 45.3 Å². The number of primary amides is 1. The monoisotopic (exact) mass is 940 g/mol. The minimum Gasteiger partial charge on any atom is -0.484 e. The van der Waals surface area contributed by atoms with E-state index >= 15 is 0 Å². The number of nitrogens with two attached hydrogens (primary N) is 1. The maximum atomic E-state index is 14.2. The maximum absolute atomic E-state index is 14.2. The summed E-state index contributed by atoms with van der Waals surface area (Å²) < 4.78 is 23.6. The number of carbonyl (C=O) groups is 6. The highest BCUT2D eigenvalue weighted by molar-refractivity contribution is 5.91. The molecule has 362 valence electrons. The lowest BCUT2D eigenvalue weighted by molar-refractivity contribution is -0.191. The third kappa shape index (κ3) is 13.6. The van der Waals surface area contributed by atoms with Gasteiger partial charge in [-0.25, -0.2) is 14.4 Å². The van der Waals surface area contributed by atoms with Crippen LogP contribution < -0.4 is 21.1 Å². The summed E-state index contributed by atoms with van der Waals surface area (Å²) in [5.41, 5.74) is 8.67. The lowest BCUT2D eigenvalue weighted by Gasteiger charge is -2.37. The van der Waals surface area contributed by atoms with Crippen LogP contribution in [0.5, 0.6) is 5.75 Å². The third-order valence-corrected chi connectivity index (χ3v) is 12.0. The van der Waals surface area contributed by atoms with Gasteiger partial charge in [0.2, 0.25) is 18.1 Å². The molecule has 6 rings (SSSR count). The first-order valence-corrected chi connectivity index (χ1v) is 23.0. The molecule has 15 nitrogen and oxygen atoms in total. The smallest absolute Gasteiger partial charge is 0.407 e. The number of benzene rings is 5. The van der Waals surface area contributed by atoms with Crippen molar-refractivity contribution in [3.8, 4) is 5.75 Å². The molecular weight excluding hydrogens is 881 g/mol. The molecule has 5 aromatic carbocycles. The molecule has 5 unspecified atom stereocenters. The Bertz CT molecular complexity index is 2430. The molecule has 0 radical (unpaired) electrons. The molecule has 0 aromatic heterocycles. The summed E-state index contributed by atoms with van der Waals surface area (Å²) in [6, 6.07) is 39.3.